The van der Waals surface area contributed by atoms with Gasteiger partial charge >= 0.3 is 0 Å². The fourth-order valence-corrected chi connectivity index (χ4v) is 5.62. The lowest BCUT2D eigenvalue weighted by Crippen LogP contribution is -2.13. The minimum absolute atomic E-state index is 0.0562. The highest BCUT2D eigenvalue weighted by Crippen LogP contribution is 2.46. The average molecular weight is 466 g/mol. The molecule has 0 N–H and O–H groups in total. The highest BCUT2D eigenvalue weighted by atomic mass is 15.0. The van der Waals surface area contributed by atoms with Crippen molar-refractivity contribution < 1.29 is 0 Å². The molecule has 36 heavy (non-hydrogen) atoms. The van der Waals surface area contributed by atoms with E-state index in [2.05, 4.69) is 148 Å². The van der Waals surface area contributed by atoms with Crippen LogP contribution in [-0.4, -0.2) is 4.57 Å². The van der Waals surface area contributed by atoms with Gasteiger partial charge in [0.05, 0.1) is 11.0 Å². The number of nitrogens with zero attached hydrogens (tertiary/aromatic N) is 1. The molecule has 0 saturated heterocycles. The molecule has 0 saturated carbocycles. The highest BCUT2D eigenvalue weighted by molar-refractivity contribution is 6.18. The molecule has 0 aliphatic carbocycles. The molecule has 1 heteroatoms. The summed E-state index contributed by atoms with van der Waals surface area (Å²) in [5.41, 5.74) is 11.4. The third-order valence-electron chi connectivity index (χ3n) is 7.17. The molecule has 0 unspecified atom stereocenters. The third-order valence-corrected chi connectivity index (χ3v) is 7.17. The fourth-order valence-electron chi connectivity index (χ4n) is 5.62. The van der Waals surface area contributed by atoms with Crippen molar-refractivity contribution in [3.05, 3.63) is 126 Å². The Labute approximate surface area is 213 Å². The molecule has 1 nitrogen and oxygen atoms in total. The summed E-state index contributed by atoms with van der Waals surface area (Å²) in [7, 11) is 0. The topological polar surface area (TPSA) is 4.93 Å². The summed E-state index contributed by atoms with van der Waals surface area (Å²) in [6.07, 6.45) is 0. The van der Waals surface area contributed by atoms with Gasteiger partial charge in [-0.15, -0.1) is 0 Å². The summed E-state index contributed by atoms with van der Waals surface area (Å²) in [6.45, 7) is 9.18. The zero-order chi connectivity index (χ0) is 24.9. The van der Waals surface area contributed by atoms with Gasteiger partial charge < -0.3 is 4.57 Å². The minimum Gasteiger partial charge on any atom is -0.309 e. The van der Waals surface area contributed by atoms with Crippen molar-refractivity contribution in [1.82, 2.24) is 4.57 Å². The number of hydrogen-bond donors (Lipinski definition) is 0. The number of fused-ring (bicyclic) bond motifs is 3. The van der Waals surface area contributed by atoms with Crippen LogP contribution in [0.4, 0.5) is 0 Å². The van der Waals surface area contributed by atoms with Crippen LogP contribution in [0.3, 0.4) is 0 Å². The molecule has 0 atom stereocenters. The van der Waals surface area contributed by atoms with Gasteiger partial charge in [0.15, 0.2) is 0 Å². The quantitative estimate of drug-likeness (QED) is 0.245. The molecule has 0 aliphatic rings. The largest absolute Gasteiger partial charge is 0.309 e. The summed E-state index contributed by atoms with van der Waals surface area (Å²) >= 11 is 0. The van der Waals surface area contributed by atoms with Crippen LogP contribution in [0.2, 0.25) is 0 Å². The van der Waals surface area contributed by atoms with Crippen LogP contribution in [-0.2, 0) is 5.41 Å². The normalized spacial score (nSPS) is 11.9. The Morgan fingerprint density at radius 1 is 0.500 bits per heavy atom. The van der Waals surface area contributed by atoms with E-state index < -0.39 is 0 Å². The molecule has 6 rings (SSSR count). The Balaban J connectivity index is 1.84. The van der Waals surface area contributed by atoms with Gasteiger partial charge in [0.25, 0.3) is 0 Å². The number of hydrogen-bond acceptors (Lipinski definition) is 0. The molecule has 1 aromatic heterocycles. The third kappa shape index (κ3) is 3.63. The predicted molar refractivity (Wildman–Crippen MR) is 155 cm³/mol. The molecule has 6 aromatic rings. The van der Waals surface area contributed by atoms with E-state index in [4.69, 9.17) is 0 Å². The summed E-state index contributed by atoms with van der Waals surface area (Å²) in [5.74, 6) is 0. The maximum Gasteiger partial charge on any atom is 0.0547 e. The van der Waals surface area contributed by atoms with Gasteiger partial charge in [-0.1, -0.05) is 117 Å². The van der Waals surface area contributed by atoms with Gasteiger partial charge in [-0.2, -0.15) is 0 Å². The number of para-hydroxylation sites is 1. The van der Waals surface area contributed by atoms with Gasteiger partial charge in [-0.3, -0.25) is 0 Å². The van der Waals surface area contributed by atoms with Crippen LogP contribution in [0, 0.1) is 6.92 Å². The molecule has 0 radical (unpaired) electrons. The number of aromatic nitrogens is 1. The minimum atomic E-state index is -0.0562. The van der Waals surface area contributed by atoms with Gasteiger partial charge in [-0.25, -0.2) is 0 Å². The van der Waals surface area contributed by atoms with Crippen molar-refractivity contribution in [1.29, 1.82) is 0 Å². The van der Waals surface area contributed by atoms with Crippen LogP contribution in [0.5, 0.6) is 0 Å². The molecular formula is C35H31N. The van der Waals surface area contributed by atoms with E-state index in [-0.39, 0.29) is 5.41 Å². The zero-order valence-corrected chi connectivity index (χ0v) is 21.4. The molecule has 5 aromatic carbocycles. The highest BCUT2D eigenvalue weighted by Gasteiger charge is 2.27. The van der Waals surface area contributed by atoms with Crippen molar-refractivity contribution in [3.8, 4) is 27.9 Å². The molecule has 0 aliphatic heterocycles. The Hall–Kier alpha value is -4.10. The van der Waals surface area contributed by atoms with E-state index in [1.54, 1.807) is 0 Å². The van der Waals surface area contributed by atoms with Crippen LogP contribution in [0.1, 0.15) is 31.9 Å². The maximum absolute atomic E-state index is 2.44. The van der Waals surface area contributed by atoms with Crippen molar-refractivity contribution in [2.45, 2.75) is 33.1 Å². The van der Waals surface area contributed by atoms with Gasteiger partial charge in [0.2, 0.25) is 0 Å². The van der Waals surface area contributed by atoms with Gasteiger partial charge in [-0.05, 0) is 64.4 Å². The summed E-state index contributed by atoms with van der Waals surface area (Å²) in [6, 6.07) is 41.9. The number of benzene rings is 5. The van der Waals surface area contributed by atoms with Crippen molar-refractivity contribution in [2.24, 2.45) is 0 Å². The first-order valence-corrected chi connectivity index (χ1v) is 12.7. The lowest BCUT2D eigenvalue weighted by Gasteiger charge is -2.25. The monoisotopic (exact) mass is 465 g/mol. The van der Waals surface area contributed by atoms with Crippen molar-refractivity contribution in [2.75, 3.05) is 0 Å². The lowest BCUT2D eigenvalue weighted by atomic mass is 9.78. The fraction of sp³-hybridized carbons (Fsp3) is 0.143. The van der Waals surface area contributed by atoms with Crippen LogP contribution >= 0.6 is 0 Å². The number of rotatable bonds is 3. The standard InChI is InChI=1S/C35H31N/c1-24-18-20-26(21-19-24)29-22-23-31-33(34(29)35(2,3)4)32-28(25-12-7-5-8-13-25)16-11-17-30(32)36(31)27-14-9-6-10-15-27/h5-23H,1-4H3. The molecule has 176 valence electrons. The Morgan fingerprint density at radius 2 is 1.11 bits per heavy atom. The SMILES string of the molecule is Cc1ccc(-c2ccc3c(c2C(C)(C)C)c2c(-c4ccccc4)cccc2n3-c2ccccc2)cc1. The number of aryl methyl sites for hydroxylation is 1. The maximum atomic E-state index is 2.44. The Bertz CT molecular complexity index is 1680. The first-order chi connectivity index (χ1) is 17.4. The summed E-state index contributed by atoms with van der Waals surface area (Å²) < 4.78 is 2.44. The van der Waals surface area contributed by atoms with E-state index in [0.717, 1.165) is 0 Å². The molecule has 0 amide bonds. The smallest absolute Gasteiger partial charge is 0.0547 e. The van der Waals surface area contributed by atoms with Crippen molar-refractivity contribution >= 4 is 21.8 Å². The Morgan fingerprint density at radius 3 is 1.78 bits per heavy atom. The molecule has 1 heterocycles. The van der Waals surface area contributed by atoms with Gasteiger partial charge in [0, 0.05) is 16.5 Å². The van der Waals surface area contributed by atoms with Crippen molar-refractivity contribution in [3.63, 3.8) is 0 Å². The molecule has 0 bridgehead atoms. The molecule has 0 fully saturated rings. The second-order valence-corrected chi connectivity index (χ2v) is 10.7. The first-order valence-electron chi connectivity index (χ1n) is 12.7. The van der Waals surface area contributed by atoms with E-state index in [1.165, 1.54) is 60.9 Å². The first kappa shape index (κ1) is 22.4. The van der Waals surface area contributed by atoms with E-state index in [0.29, 0.717) is 0 Å². The zero-order valence-electron chi connectivity index (χ0n) is 21.4. The van der Waals surface area contributed by atoms with Gasteiger partial charge in [0.1, 0.15) is 0 Å². The van der Waals surface area contributed by atoms with Crippen LogP contribution in [0.25, 0.3) is 49.7 Å². The second kappa shape index (κ2) is 8.53. The lowest BCUT2D eigenvalue weighted by molar-refractivity contribution is 0.598. The summed E-state index contributed by atoms with van der Waals surface area (Å²) in [5, 5.41) is 2.67. The Kier molecular flexibility index (Phi) is 5.30. The summed E-state index contributed by atoms with van der Waals surface area (Å²) in [4.78, 5) is 0. The van der Waals surface area contributed by atoms with Crippen LogP contribution in [0.15, 0.2) is 115 Å². The van der Waals surface area contributed by atoms with E-state index in [9.17, 15) is 0 Å². The second-order valence-electron chi connectivity index (χ2n) is 10.7. The predicted octanol–water partition coefficient (Wildman–Crippen LogP) is 9.72. The molecule has 0 spiro atoms. The van der Waals surface area contributed by atoms with E-state index in [1.807, 2.05) is 0 Å². The average Bonchev–Trinajstić information content (AvgIpc) is 3.23. The molecular weight excluding hydrogens is 434 g/mol. The van der Waals surface area contributed by atoms with Crippen LogP contribution < -0.4 is 0 Å². The van der Waals surface area contributed by atoms with E-state index >= 15 is 0 Å².